The lowest BCUT2D eigenvalue weighted by atomic mass is 9.93. The Balaban J connectivity index is 1.40. The summed E-state index contributed by atoms with van der Waals surface area (Å²) >= 11 is 0. The minimum Gasteiger partial charge on any atom is -0.487 e. The molecule has 5 rings (SSSR count). The Morgan fingerprint density at radius 1 is 1.23 bits per heavy atom. The van der Waals surface area contributed by atoms with Gasteiger partial charge in [0.25, 0.3) is 0 Å². The molecule has 0 saturated heterocycles. The molecular formula is C25H30FN7O2. The van der Waals surface area contributed by atoms with E-state index in [1.807, 2.05) is 25.5 Å². The molecule has 1 aromatic carbocycles. The van der Waals surface area contributed by atoms with E-state index in [1.54, 1.807) is 29.1 Å². The summed E-state index contributed by atoms with van der Waals surface area (Å²) in [5.41, 5.74) is 8.54. The molecule has 10 heteroatoms. The number of aliphatic hydroxyl groups excluding tert-OH is 1. The Bertz CT molecular complexity index is 1300. The van der Waals surface area contributed by atoms with Crippen molar-refractivity contribution in [1.82, 2.24) is 24.5 Å². The topological polar surface area (TPSA) is 116 Å². The highest BCUT2D eigenvalue weighted by atomic mass is 19.1. The Morgan fingerprint density at radius 3 is 2.77 bits per heavy atom. The first-order valence-electron chi connectivity index (χ1n) is 11.9. The molecule has 1 fully saturated rings. The van der Waals surface area contributed by atoms with Crippen molar-refractivity contribution in [2.45, 2.75) is 50.4 Å². The maximum absolute atomic E-state index is 14.0. The lowest BCUT2D eigenvalue weighted by molar-refractivity contribution is 0.126. The molecule has 0 bridgehead atoms. The van der Waals surface area contributed by atoms with E-state index in [2.05, 4.69) is 20.1 Å². The van der Waals surface area contributed by atoms with Crippen LogP contribution in [0.25, 0.3) is 22.2 Å². The molecule has 4 N–H and O–H groups in total. The number of fused-ring (bicyclic) bond motifs is 1. The first-order valence-corrected chi connectivity index (χ1v) is 11.9. The smallest absolute Gasteiger partial charge is 0.165 e. The van der Waals surface area contributed by atoms with Crippen LogP contribution in [0.5, 0.6) is 5.75 Å². The Kier molecular flexibility index (Phi) is 6.65. The lowest BCUT2D eigenvalue weighted by Crippen LogP contribution is -2.29. The fourth-order valence-electron chi connectivity index (χ4n) is 4.67. The summed E-state index contributed by atoms with van der Waals surface area (Å²) in [7, 11) is 1.84. The van der Waals surface area contributed by atoms with Gasteiger partial charge in [0, 0.05) is 42.5 Å². The molecule has 0 unspecified atom stereocenters. The summed E-state index contributed by atoms with van der Waals surface area (Å²) in [6.07, 6.45) is 8.85. The zero-order valence-corrected chi connectivity index (χ0v) is 19.6. The fraction of sp³-hybridized carbons (Fsp3) is 0.400. The third-order valence-corrected chi connectivity index (χ3v) is 6.53. The number of rotatable bonds is 8. The number of aliphatic hydroxyl groups is 1. The van der Waals surface area contributed by atoms with Crippen LogP contribution in [0, 0.1) is 5.82 Å². The van der Waals surface area contributed by atoms with Gasteiger partial charge in [-0.1, -0.05) is 12.1 Å². The number of nitrogens with one attached hydrogen (secondary N) is 1. The second-order valence-electron chi connectivity index (χ2n) is 9.00. The van der Waals surface area contributed by atoms with Crippen molar-refractivity contribution >= 4 is 16.7 Å². The van der Waals surface area contributed by atoms with Crippen LogP contribution in [-0.2, 0) is 6.54 Å². The molecule has 0 spiro atoms. The van der Waals surface area contributed by atoms with Gasteiger partial charge in [-0.25, -0.2) is 9.37 Å². The SMILES string of the molecule is CNc1cc2c(cn1)c(-c1cnn(C[C@H](N)CO)c1)nn2[C@H]1CC[C@@H](Oc2ccccc2F)CC1. The van der Waals surface area contributed by atoms with Gasteiger partial charge in [-0.2, -0.15) is 10.2 Å². The van der Waals surface area contributed by atoms with E-state index >= 15 is 0 Å². The van der Waals surface area contributed by atoms with E-state index in [0.717, 1.165) is 53.7 Å². The molecule has 1 aliphatic rings. The Labute approximate surface area is 202 Å². The predicted octanol–water partition coefficient (Wildman–Crippen LogP) is 3.36. The molecule has 4 aromatic rings. The molecule has 1 aliphatic carbocycles. The number of halogens is 1. The minimum absolute atomic E-state index is 0.0204. The van der Waals surface area contributed by atoms with Crippen molar-refractivity contribution in [3.05, 3.63) is 54.7 Å². The summed E-state index contributed by atoms with van der Waals surface area (Å²) in [6, 6.07) is 8.38. The van der Waals surface area contributed by atoms with E-state index in [4.69, 9.17) is 15.6 Å². The Hall–Kier alpha value is -3.50. The molecule has 1 atom stereocenters. The monoisotopic (exact) mass is 479 g/mol. The average molecular weight is 480 g/mol. The predicted molar refractivity (Wildman–Crippen MR) is 132 cm³/mol. The van der Waals surface area contributed by atoms with Crippen molar-refractivity contribution in [3.63, 3.8) is 0 Å². The first-order chi connectivity index (χ1) is 17.1. The molecule has 0 radical (unpaired) electrons. The summed E-state index contributed by atoms with van der Waals surface area (Å²) < 4.78 is 23.8. The molecular weight excluding hydrogens is 449 g/mol. The zero-order chi connectivity index (χ0) is 24.4. The van der Waals surface area contributed by atoms with Crippen molar-refractivity contribution in [2.75, 3.05) is 19.0 Å². The minimum atomic E-state index is -0.376. The number of benzene rings is 1. The second-order valence-corrected chi connectivity index (χ2v) is 9.00. The van der Waals surface area contributed by atoms with Gasteiger partial charge >= 0.3 is 0 Å². The van der Waals surface area contributed by atoms with Crippen LogP contribution in [0.15, 0.2) is 48.9 Å². The van der Waals surface area contributed by atoms with Gasteiger partial charge in [0.2, 0.25) is 0 Å². The molecule has 3 aromatic heterocycles. The number of hydrogen-bond donors (Lipinski definition) is 3. The molecule has 184 valence electrons. The molecule has 1 saturated carbocycles. The molecule has 3 heterocycles. The van der Waals surface area contributed by atoms with Crippen LogP contribution < -0.4 is 15.8 Å². The zero-order valence-electron chi connectivity index (χ0n) is 19.6. The van der Waals surface area contributed by atoms with Crippen LogP contribution >= 0.6 is 0 Å². The number of nitrogens with zero attached hydrogens (tertiary/aromatic N) is 5. The lowest BCUT2D eigenvalue weighted by Gasteiger charge is -2.29. The maximum atomic E-state index is 14.0. The van der Waals surface area contributed by atoms with Crippen LogP contribution in [0.2, 0.25) is 0 Å². The number of aromatic nitrogens is 5. The van der Waals surface area contributed by atoms with E-state index < -0.39 is 0 Å². The third kappa shape index (κ3) is 4.85. The van der Waals surface area contributed by atoms with Crippen molar-refractivity contribution in [2.24, 2.45) is 5.73 Å². The van der Waals surface area contributed by atoms with Gasteiger partial charge in [0.05, 0.1) is 37.0 Å². The number of anilines is 1. The normalized spacial score (nSPS) is 19.1. The fourth-order valence-corrected chi connectivity index (χ4v) is 4.67. The van der Waals surface area contributed by atoms with Gasteiger partial charge in [0.15, 0.2) is 11.6 Å². The maximum Gasteiger partial charge on any atom is 0.165 e. The van der Waals surface area contributed by atoms with Crippen molar-refractivity contribution in [1.29, 1.82) is 0 Å². The number of pyridine rings is 1. The van der Waals surface area contributed by atoms with Crippen LogP contribution in [0.1, 0.15) is 31.7 Å². The van der Waals surface area contributed by atoms with Crippen LogP contribution in [-0.4, -0.2) is 55.5 Å². The quantitative estimate of drug-likeness (QED) is 0.355. The van der Waals surface area contributed by atoms with Gasteiger partial charge in [-0.15, -0.1) is 0 Å². The van der Waals surface area contributed by atoms with E-state index in [9.17, 15) is 9.50 Å². The molecule has 0 amide bonds. The highest BCUT2D eigenvalue weighted by Crippen LogP contribution is 2.36. The standard InChI is InChI=1S/C25H30FN7O2/c1-28-24-10-22-20(12-29-24)25(16-11-30-32(13-16)14-17(27)15-34)31-33(22)18-6-8-19(9-7-18)35-23-5-3-2-4-21(23)26/h2-5,10-13,17-19,34H,6-9,14-15,27H2,1H3,(H,28,29)/t17-,18-,19+/m0/s1. The van der Waals surface area contributed by atoms with Crippen LogP contribution in [0.3, 0.4) is 0 Å². The summed E-state index contributed by atoms with van der Waals surface area (Å²) in [5.74, 6) is 0.752. The summed E-state index contributed by atoms with van der Waals surface area (Å²) in [5, 5.41) is 22.7. The van der Waals surface area contributed by atoms with E-state index in [1.165, 1.54) is 6.07 Å². The first kappa shape index (κ1) is 23.3. The van der Waals surface area contributed by atoms with Crippen molar-refractivity contribution in [3.8, 4) is 17.0 Å². The highest BCUT2D eigenvalue weighted by Gasteiger charge is 2.27. The number of nitrogens with two attached hydrogens (primary N) is 1. The van der Waals surface area contributed by atoms with Crippen LogP contribution in [0.4, 0.5) is 10.2 Å². The van der Waals surface area contributed by atoms with Gasteiger partial charge in [0.1, 0.15) is 11.5 Å². The third-order valence-electron chi connectivity index (χ3n) is 6.53. The highest BCUT2D eigenvalue weighted by molar-refractivity contribution is 5.93. The largest absolute Gasteiger partial charge is 0.487 e. The molecule has 35 heavy (non-hydrogen) atoms. The second kappa shape index (κ2) is 10.0. The van der Waals surface area contributed by atoms with Crippen molar-refractivity contribution < 1.29 is 14.2 Å². The summed E-state index contributed by atoms with van der Waals surface area (Å²) in [4.78, 5) is 4.51. The molecule has 9 nitrogen and oxygen atoms in total. The van der Waals surface area contributed by atoms with E-state index in [-0.39, 0.29) is 30.6 Å². The molecule has 0 aliphatic heterocycles. The number of para-hydroxylation sites is 1. The average Bonchev–Trinajstić information content (AvgIpc) is 3.50. The van der Waals surface area contributed by atoms with Gasteiger partial charge < -0.3 is 20.9 Å². The number of ether oxygens (including phenoxy) is 1. The number of hydrogen-bond acceptors (Lipinski definition) is 7. The van der Waals surface area contributed by atoms with Gasteiger partial charge in [-0.05, 0) is 37.8 Å². The van der Waals surface area contributed by atoms with Gasteiger partial charge in [-0.3, -0.25) is 9.36 Å². The Morgan fingerprint density at radius 2 is 2.03 bits per heavy atom. The van der Waals surface area contributed by atoms with E-state index in [0.29, 0.717) is 12.3 Å². The summed E-state index contributed by atoms with van der Waals surface area (Å²) in [6.45, 7) is 0.316.